The van der Waals surface area contributed by atoms with Crippen molar-refractivity contribution < 1.29 is 4.79 Å². The molecule has 0 N–H and O–H groups in total. The number of amides is 1. The number of anilines is 1. The SMILES string of the molecule is CCC(=O)N(Cc1ccccc1)c1nc(-c2ccc(C)cc2)cs1. The van der Waals surface area contributed by atoms with Crippen molar-refractivity contribution in [1.29, 1.82) is 0 Å². The molecule has 0 fully saturated rings. The zero-order valence-electron chi connectivity index (χ0n) is 13.9. The first-order valence-corrected chi connectivity index (χ1v) is 8.92. The first-order chi connectivity index (χ1) is 11.7. The first kappa shape index (κ1) is 16.4. The molecule has 1 heterocycles. The quantitative estimate of drug-likeness (QED) is 0.652. The van der Waals surface area contributed by atoms with Gasteiger partial charge >= 0.3 is 0 Å². The Morgan fingerprint density at radius 2 is 1.79 bits per heavy atom. The van der Waals surface area contributed by atoms with Crippen LogP contribution in [-0.2, 0) is 11.3 Å². The highest BCUT2D eigenvalue weighted by atomic mass is 32.1. The molecule has 0 spiro atoms. The molecule has 0 aliphatic rings. The fourth-order valence-electron chi connectivity index (χ4n) is 2.46. The summed E-state index contributed by atoms with van der Waals surface area (Å²) in [5, 5.41) is 2.77. The van der Waals surface area contributed by atoms with E-state index in [1.54, 1.807) is 4.90 Å². The lowest BCUT2D eigenvalue weighted by Crippen LogP contribution is -2.29. The van der Waals surface area contributed by atoms with Crippen molar-refractivity contribution in [2.75, 3.05) is 4.90 Å². The van der Waals surface area contributed by atoms with Crippen LogP contribution in [0.25, 0.3) is 11.3 Å². The Labute approximate surface area is 146 Å². The fraction of sp³-hybridized carbons (Fsp3) is 0.200. The first-order valence-electron chi connectivity index (χ1n) is 8.04. The van der Waals surface area contributed by atoms with Gasteiger partial charge in [-0.05, 0) is 12.5 Å². The Bertz CT molecular complexity index is 809. The van der Waals surface area contributed by atoms with Gasteiger partial charge in [-0.25, -0.2) is 4.98 Å². The van der Waals surface area contributed by atoms with E-state index in [0.29, 0.717) is 13.0 Å². The van der Waals surface area contributed by atoms with Gasteiger partial charge in [0.1, 0.15) is 0 Å². The molecule has 1 aromatic heterocycles. The van der Waals surface area contributed by atoms with Crippen LogP contribution in [0.5, 0.6) is 0 Å². The van der Waals surface area contributed by atoms with Crippen LogP contribution in [0.15, 0.2) is 60.0 Å². The summed E-state index contributed by atoms with van der Waals surface area (Å²) in [5.41, 5.74) is 4.32. The number of rotatable bonds is 5. The zero-order valence-corrected chi connectivity index (χ0v) is 14.7. The van der Waals surface area contributed by atoms with E-state index in [4.69, 9.17) is 4.98 Å². The molecule has 3 nitrogen and oxygen atoms in total. The minimum absolute atomic E-state index is 0.0867. The molecule has 0 radical (unpaired) electrons. The molecule has 1 amide bonds. The summed E-state index contributed by atoms with van der Waals surface area (Å²) >= 11 is 1.51. The Morgan fingerprint density at radius 3 is 2.46 bits per heavy atom. The average molecular weight is 336 g/mol. The fourth-order valence-corrected chi connectivity index (χ4v) is 3.31. The summed E-state index contributed by atoms with van der Waals surface area (Å²) in [7, 11) is 0. The van der Waals surface area contributed by atoms with Crippen molar-refractivity contribution in [3.05, 3.63) is 71.1 Å². The summed E-state index contributed by atoms with van der Waals surface area (Å²) in [5.74, 6) is 0.0867. The number of carbonyl (C=O) groups excluding carboxylic acids is 1. The number of hydrogen-bond donors (Lipinski definition) is 0. The van der Waals surface area contributed by atoms with Crippen molar-refractivity contribution in [2.45, 2.75) is 26.8 Å². The summed E-state index contributed by atoms with van der Waals surface area (Å²) in [4.78, 5) is 18.9. The number of carbonyl (C=O) groups is 1. The number of hydrogen-bond acceptors (Lipinski definition) is 3. The zero-order chi connectivity index (χ0) is 16.9. The lowest BCUT2D eigenvalue weighted by molar-refractivity contribution is -0.118. The summed E-state index contributed by atoms with van der Waals surface area (Å²) in [6.07, 6.45) is 0.465. The van der Waals surface area contributed by atoms with E-state index in [-0.39, 0.29) is 5.91 Å². The van der Waals surface area contributed by atoms with Gasteiger partial charge in [0.05, 0.1) is 12.2 Å². The topological polar surface area (TPSA) is 33.2 Å². The predicted octanol–water partition coefficient (Wildman–Crippen LogP) is 5.06. The minimum Gasteiger partial charge on any atom is -0.284 e. The molecule has 24 heavy (non-hydrogen) atoms. The van der Waals surface area contributed by atoms with Gasteiger partial charge in [-0.1, -0.05) is 67.1 Å². The highest BCUT2D eigenvalue weighted by Crippen LogP contribution is 2.29. The number of benzene rings is 2. The molecule has 3 aromatic rings. The molecule has 3 rings (SSSR count). The Kier molecular flexibility index (Phi) is 5.06. The second-order valence-electron chi connectivity index (χ2n) is 5.70. The molecule has 2 aromatic carbocycles. The lowest BCUT2D eigenvalue weighted by Gasteiger charge is -2.19. The van der Waals surface area contributed by atoms with E-state index in [2.05, 4.69) is 31.2 Å². The maximum atomic E-state index is 12.4. The molecular formula is C20H20N2OS. The van der Waals surface area contributed by atoms with Crippen LogP contribution in [0.2, 0.25) is 0 Å². The van der Waals surface area contributed by atoms with Crippen molar-refractivity contribution >= 4 is 22.4 Å². The maximum absolute atomic E-state index is 12.4. The number of aromatic nitrogens is 1. The molecular weight excluding hydrogens is 316 g/mol. The molecule has 0 saturated heterocycles. The maximum Gasteiger partial charge on any atom is 0.228 e. The van der Waals surface area contributed by atoms with Gasteiger partial charge in [0, 0.05) is 17.4 Å². The molecule has 0 bridgehead atoms. The minimum atomic E-state index is 0.0867. The van der Waals surface area contributed by atoms with Gasteiger partial charge in [0.15, 0.2) is 5.13 Å². The van der Waals surface area contributed by atoms with Crippen LogP contribution in [0.1, 0.15) is 24.5 Å². The largest absolute Gasteiger partial charge is 0.284 e. The predicted molar refractivity (Wildman–Crippen MR) is 100 cm³/mol. The van der Waals surface area contributed by atoms with Crippen LogP contribution >= 0.6 is 11.3 Å². The standard InChI is InChI=1S/C20H20N2OS/c1-3-19(23)22(13-16-7-5-4-6-8-16)20-21-18(14-24-20)17-11-9-15(2)10-12-17/h4-12,14H,3,13H2,1-2H3. The van der Waals surface area contributed by atoms with Gasteiger partial charge in [0.2, 0.25) is 5.91 Å². The van der Waals surface area contributed by atoms with Gasteiger partial charge in [0.25, 0.3) is 0 Å². The Hall–Kier alpha value is -2.46. The summed E-state index contributed by atoms with van der Waals surface area (Å²) < 4.78 is 0. The lowest BCUT2D eigenvalue weighted by atomic mass is 10.1. The van der Waals surface area contributed by atoms with Gasteiger partial charge in [-0.3, -0.25) is 9.69 Å². The van der Waals surface area contributed by atoms with Crippen LogP contribution in [-0.4, -0.2) is 10.9 Å². The Morgan fingerprint density at radius 1 is 1.08 bits per heavy atom. The monoisotopic (exact) mass is 336 g/mol. The second kappa shape index (κ2) is 7.41. The van der Waals surface area contributed by atoms with Gasteiger partial charge < -0.3 is 0 Å². The summed E-state index contributed by atoms with van der Waals surface area (Å²) in [6.45, 7) is 4.50. The third kappa shape index (κ3) is 3.71. The smallest absolute Gasteiger partial charge is 0.228 e. The highest BCUT2D eigenvalue weighted by molar-refractivity contribution is 7.14. The van der Waals surface area contributed by atoms with Crippen molar-refractivity contribution in [3.63, 3.8) is 0 Å². The highest BCUT2D eigenvalue weighted by Gasteiger charge is 2.18. The molecule has 0 atom stereocenters. The van der Waals surface area contributed by atoms with Gasteiger partial charge in [-0.15, -0.1) is 11.3 Å². The van der Waals surface area contributed by atoms with E-state index in [1.165, 1.54) is 16.9 Å². The van der Waals surface area contributed by atoms with Crippen LogP contribution in [0.4, 0.5) is 5.13 Å². The van der Waals surface area contributed by atoms with Crippen molar-refractivity contribution in [2.24, 2.45) is 0 Å². The number of thiazole rings is 1. The normalized spacial score (nSPS) is 10.6. The van der Waals surface area contributed by atoms with Crippen LogP contribution in [0, 0.1) is 6.92 Å². The molecule has 122 valence electrons. The van der Waals surface area contributed by atoms with E-state index in [1.807, 2.05) is 42.6 Å². The molecule has 0 aliphatic carbocycles. The van der Waals surface area contributed by atoms with E-state index < -0.39 is 0 Å². The van der Waals surface area contributed by atoms with E-state index in [9.17, 15) is 4.79 Å². The third-order valence-electron chi connectivity index (χ3n) is 3.86. The van der Waals surface area contributed by atoms with Crippen LogP contribution in [0.3, 0.4) is 0 Å². The molecule has 0 aliphatic heterocycles. The molecule has 0 unspecified atom stereocenters. The van der Waals surface area contributed by atoms with E-state index >= 15 is 0 Å². The number of nitrogens with zero attached hydrogens (tertiary/aromatic N) is 2. The third-order valence-corrected chi connectivity index (χ3v) is 4.72. The van der Waals surface area contributed by atoms with Gasteiger partial charge in [-0.2, -0.15) is 0 Å². The van der Waals surface area contributed by atoms with E-state index in [0.717, 1.165) is 22.0 Å². The molecule has 4 heteroatoms. The summed E-state index contributed by atoms with van der Waals surface area (Å²) in [6, 6.07) is 18.3. The second-order valence-corrected chi connectivity index (χ2v) is 6.54. The number of aryl methyl sites for hydroxylation is 1. The Balaban J connectivity index is 1.88. The van der Waals surface area contributed by atoms with Crippen molar-refractivity contribution in [1.82, 2.24) is 4.98 Å². The molecule has 0 saturated carbocycles. The van der Waals surface area contributed by atoms with Crippen LogP contribution < -0.4 is 4.90 Å². The van der Waals surface area contributed by atoms with Crippen molar-refractivity contribution in [3.8, 4) is 11.3 Å². The average Bonchev–Trinajstić information content (AvgIpc) is 3.10.